The number of nitrogens with zero attached hydrogens (tertiary/aromatic N) is 3. The van der Waals surface area contributed by atoms with E-state index in [9.17, 15) is 0 Å². The van der Waals surface area contributed by atoms with Gasteiger partial charge in [0.05, 0.1) is 5.69 Å². The first-order valence-electron chi connectivity index (χ1n) is 4.80. The quantitative estimate of drug-likeness (QED) is 0.636. The maximum absolute atomic E-state index is 4.56. The molecule has 0 amide bonds. The zero-order valence-electron chi connectivity index (χ0n) is 9.07. The second kappa shape index (κ2) is 2.80. The molecule has 0 saturated carbocycles. The molecule has 0 atom stereocenters. The van der Waals surface area contributed by atoms with E-state index in [0.717, 1.165) is 17.2 Å². The Morgan fingerprint density at radius 2 is 2.00 bits per heavy atom. The first kappa shape index (κ1) is 9.19. The molecule has 0 saturated heterocycles. The Hall–Kier alpha value is -1.38. The molecule has 0 N–H and O–H groups in total. The normalized spacial score (nSPS) is 12.3. The van der Waals surface area contributed by atoms with Gasteiger partial charge in [-0.05, 0) is 13.0 Å². The summed E-state index contributed by atoms with van der Waals surface area (Å²) in [7, 11) is 0. The minimum Gasteiger partial charge on any atom is -0.288 e. The van der Waals surface area contributed by atoms with Gasteiger partial charge in [-0.3, -0.25) is 4.40 Å². The third-order valence-electron chi connectivity index (χ3n) is 2.29. The Kier molecular flexibility index (Phi) is 1.84. The van der Waals surface area contributed by atoms with Crippen molar-refractivity contribution < 1.29 is 0 Å². The van der Waals surface area contributed by atoms with Crippen molar-refractivity contribution >= 4 is 5.65 Å². The fourth-order valence-electron chi connectivity index (χ4n) is 1.58. The van der Waals surface area contributed by atoms with Crippen LogP contribution in [0, 0.1) is 6.92 Å². The van der Waals surface area contributed by atoms with Gasteiger partial charge in [0.15, 0.2) is 5.65 Å². The molecule has 0 bridgehead atoms. The van der Waals surface area contributed by atoms with Crippen LogP contribution in [0.2, 0.25) is 0 Å². The SMILES string of the molecule is Cc1nc(C(C)(C)C)c2ncccn12. The third-order valence-corrected chi connectivity index (χ3v) is 2.29. The first-order chi connectivity index (χ1) is 6.50. The van der Waals surface area contributed by atoms with Gasteiger partial charge in [0.1, 0.15) is 5.82 Å². The monoisotopic (exact) mass is 189 g/mol. The van der Waals surface area contributed by atoms with Crippen LogP contribution < -0.4 is 0 Å². The van der Waals surface area contributed by atoms with Gasteiger partial charge in [0.2, 0.25) is 0 Å². The Labute approximate surface area is 83.8 Å². The molecule has 2 aromatic rings. The van der Waals surface area contributed by atoms with E-state index in [4.69, 9.17) is 0 Å². The van der Waals surface area contributed by atoms with Crippen molar-refractivity contribution in [1.29, 1.82) is 0 Å². The maximum Gasteiger partial charge on any atom is 0.160 e. The highest BCUT2D eigenvalue weighted by atomic mass is 15.1. The molecule has 2 heterocycles. The summed E-state index contributed by atoms with van der Waals surface area (Å²) in [5, 5.41) is 0. The van der Waals surface area contributed by atoms with E-state index in [2.05, 4.69) is 30.7 Å². The van der Waals surface area contributed by atoms with Crippen LogP contribution in [-0.4, -0.2) is 14.4 Å². The van der Waals surface area contributed by atoms with E-state index >= 15 is 0 Å². The van der Waals surface area contributed by atoms with Crippen LogP contribution in [0.3, 0.4) is 0 Å². The van der Waals surface area contributed by atoms with Crippen molar-refractivity contribution in [3.05, 3.63) is 30.0 Å². The molecule has 0 aromatic carbocycles. The summed E-state index contributed by atoms with van der Waals surface area (Å²) in [5.41, 5.74) is 2.08. The minimum absolute atomic E-state index is 0.0495. The topological polar surface area (TPSA) is 30.2 Å². The lowest BCUT2D eigenvalue weighted by atomic mass is 9.92. The molecular weight excluding hydrogens is 174 g/mol. The number of hydrogen-bond donors (Lipinski definition) is 0. The van der Waals surface area contributed by atoms with Gasteiger partial charge in [-0.1, -0.05) is 20.8 Å². The average Bonchev–Trinajstić information content (AvgIpc) is 2.44. The molecule has 0 spiro atoms. The Morgan fingerprint density at radius 1 is 1.29 bits per heavy atom. The molecule has 3 nitrogen and oxygen atoms in total. The summed E-state index contributed by atoms with van der Waals surface area (Å²) in [6, 6.07) is 1.92. The van der Waals surface area contributed by atoms with Gasteiger partial charge < -0.3 is 0 Å². The molecule has 0 aliphatic heterocycles. The lowest BCUT2D eigenvalue weighted by molar-refractivity contribution is 0.575. The van der Waals surface area contributed by atoms with Crippen molar-refractivity contribution in [2.75, 3.05) is 0 Å². The first-order valence-corrected chi connectivity index (χ1v) is 4.80. The summed E-state index contributed by atoms with van der Waals surface area (Å²) < 4.78 is 2.03. The van der Waals surface area contributed by atoms with Gasteiger partial charge in [-0.2, -0.15) is 0 Å². The maximum atomic E-state index is 4.56. The van der Waals surface area contributed by atoms with Gasteiger partial charge in [-0.15, -0.1) is 0 Å². The Balaban J connectivity index is 2.80. The Morgan fingerprint density at radius 3 is 2.64 bits per heavy atom. The largest absolute Gasteiger partial charge is 0.288 e. The van der Waals surface area contributed by atoms with Crippen LogP contribution in [0.25, 0.3) is 5.65 Å². The highest BCUT2D eigenvalue weighted by Crippen LogP contribution is 2.24. The molecule has 0 radical (unpaired) electrons. The molecule has 14 heavy (non-hydrogen) atoms. The van der Waals surface area contributed by atoms with E-state index in [0.29, 0.717) is 0 Å². The number of fused-ring (bicyclic) bond motifs is 1. The predicted molar refractivity (Wildman–Crippen MR) is 56.4 cm³/mol. The van der Waals surface area contributed by atoms with Crippen molar-refractivity contribution in [3.8, 4) is 0 Å². The lowest BCUT2D eigenvalue weighted by Gasteiger charge is -2.14. The molecule has 74 valence electrons. The van der Waals surface area contributed by atoms with Gasteiger partial charge in [0, 0.05) is 17.8 Å². The van der Waals surface area contributed by atoms with Crippen LogP contribution in [0.4, 0.5) is 0 Å². The molecule has 0 aliphatic rings. The molecular formula is C11H15N3. The van der Waals surface area contributed by atoms with Crippen LogP contribution in [0.15, 0.2) is 18.5 Å². The summed E-state index contributed by atoms with van der Waals surface area (Å²) in [4.78, 5) is 8.93. The average molecular weight is 189 g/mol. The fourth-order valence-corrected chi connectivity index (χ4v) is 1.58. The van der Waals surface area contributed by atoms with E-state index < -0.39 is 0 Å². The molecule has 2 aromatic heterocycles. The van der Waals surface area contributed by atoms with Gasteiger partial charge in [0.25, 0.3) is 0 Å². The minimum atomic E-state index is 0.0495. The third kappa shape index (κ3) is 1.29. The molecule has 0 unspecified atom stereocenters. The van der Waals surface area contributed by atoms with Gasteiger partial charge >= 0.3 is 0 Å². The predicted octanol–water partition coefficient (Wildman–Crippen LogP) is 2.34. The standard InChI is InChI=1S/C11H15N3/c1-8-13-9(11(2,3)4)10-12-6-5-7-14(8)10/h5-7H,1-4H3. The summed E-state index contributed by atoms with van der Waals surface area (Å²) >= 11 is 0. The molecule has 0 fully saturated rings. The van der Waals surface area contributed by atoms with Crippen molar-refractivity contribution in [3.63, 3.8) is 0 Å². The summed E-state index contributed by atoms with van der Waals surface area (Å²) in [5.74, 6) is 0.998. The van der Waals surface area contributed by atoms with E-state index in [1.54, 1.807) is 0 Å². The van der Waals surface area contributed by atoms with E-state index in [1.165, 1.54) is 0 Å². The molecule has 2 rings (SSSR count). The van der Waals surface area contributed by atoms with Crippen molar-refractivity contribution in [2.24, 2.45) is 0 Å². The summed E-state index contributed by atoms with van der Waals surface area (Å²) in [6.45, 7) is 8.47. The second-order valence-electron chi connectivity index (χ2n) is 4.57. The highest BCUT2D eigenvalue weighted by Gasteiger charge is 2.21. The number of rotatable bonds is 0. The number of imidazole rings is 1. The number of hydrogen-bond acceptors (Lipinski definition) is 2. The van der Waals surface area contributed by atoms with E-state index in [1.807, 2.05) is 29.8 Å². The van der Waals surface area contributed by atoms with Crippen LogP contribution in [0.5, 0.6) is 0 Å². The fraction of sp³-hybridized carbons (Fsp3) is 0.455. The number of aryl methyl sites for hydroxylation is 1. The zero-order chi connectivity index (χ0) is 10.3. The second-order valence-corrected chi connectivity index (χ2v) is 4.57. The smallest absolute Gasteiger partial charge is 0.160 e. The van der Waals surface area contributed by atoms with Crippen LogP contribution in [-0.2, 0) is 5.41 Å². The summed E-state index contributed by atoms with van der Waals surface area (Å²) in [6.07, 6.45) is 3.81. The molecule has 3 heteroatoms. The lowest BCUT2D eigenvalue weighted by Crippen LogP contribution is -2.12. The van der Waals surface area contributed by atoms with Gasteiger partial charge in [-0.25, -0.2) is 9.97 Å². The van der Waals surface area contributed by atoms with Crippen molar-refractivity contribution in [1.82, 2.24) is 14.4 Å². The van der Waals surface area contributed by atoms with Crippen molar-refractivity contribution in [2.45, 2.75) is 33.1 Å². The van der Waals surface area contributed by atoms with E-state index in [-0.39, 0.29) is 5.41 Å². The molecule has 0 aliphatic carbocycles. The van der Waals surface area contributed by atoms with Crippen LogP contribution in [0.1, 0.15) is 32.3 Å². The number of aromatic nitrogens is 3. The Bertz CT molecular complexity index is 463. The zero-order valence-corrected chi connectivity index (χ0v) is 9.07. The van der Waals surface area contributed by atoms with Crippen LogP contribution >= 0.6 is 0 Å². The highest BCUT2D eigenvalue weighted by molar-refractivity contribution is 5.48.